The zero-order valence-electron chi connectivity index (χ0n) is 17.2. The molecule has 7 heteroatoms. The van der Waals surface area contributed by atoms with Crippen LogP contribution in [0.4, 0.5) is 5.69 Å². The number of nitrogens with zero attached hydrogens (tertiary/aromatic N) is 1. The van der Waals surface area contributed by atoms with E-state index in [0.29, 0.717) is 34.4 Å². The molecule has 0 aromatic heterocycles. The maximum absolute atomic E-state index is 12.5. The number of nitriles is 1. The van der Waals surface area contributed by atoms with Crippen LogP contribution in [0.1, 0.15) is 16.7 Å². The van der Waals surface area contributed by atoms with Gasteiger partial charge in [0, 0.05) is 10.7 Å². The van der Waals surface area contributed by atoms with Gasteiger partial charge in [-0.2, -0.15) is 5.26 Å². The van der Waals surface area contributed by atoms with Crippen LogP contribution in [0.25, 0.3) is 6.08 Å². The first-order chi connectivity index (χ1) is 15.5. The Balaban J connectivity index is 1.39. The minimum absolute atomic E-state index is 0.0178. The summed E-state index contributed by atoms with van der Waals surface area (Å²) in [5.74, 6) is 1.60. The van der Waals surface area contributed by atoms with Crippen molar-refractivity contribution in [2.75, 3.05) is 12.1 Å². The fourth-order valence-corrected chi connectivity index (χ4v) is 3.22. The van der Waals surface area contributed by atoms with Crippen molar-refractivity contribution >= 4 is 29.3 Å². The van der Waals surface area contributed by atoms with Crippen LogP contribution in [0.3, 0.4) is 0 Å². The van der Waals surface area contributed by atoms with Gasteiger partial charge in [0.2, 0.25) is 6.79 Å². The lowest BCUT2D eigenvalue weighted by atomic mass is 10.1. The third kappa shape index (κ3) is 5.02. The maximum atomic E-state index is 12.5. The van der Waals surface area contributed by atoms with E-state index < -0.39 is 5.91 Å². The Morgan fingerprint density at radius 2 is 1.91 bits per heavy atom. The molecule has 0 atom stereocenters. The molecule has 3 aromatic carbocycles. The van der Waals surface area contributed by atoms with Crippen molar-refractivity contribution in [3.05, 3.63) is 87.9 Å². The lowest BCUT2D eigenvalue weighted by Gasteiger charge is -2.08. The highest BCUT2D eigenvalue weighted by atomic mass is 35.5. The van der Waals surface area contributed by atoms with Gasteiger partial charge in [0.15, 0.2) is 11.5 Å². The zero-order chi connectivity index (χ0) is 22.5. The molecule has 32 heavy (non-hydrogen) atoms. The molecule has 0 saturated heterocycles. The van der Waals surface area contributed by atoms with Crippen molar-refractivity contribution < 1.29 is 19.0 Å². The Labute approximate surface area is 190 Å². The standard InChI is InChI=1S/C25H19ClN2O4/c1-16-2-6-20(12-22(16)26)28-25(29)19(13-27)10-17-3-7-21(8-4-17)30-14-18-5-9-23-24(11-18)32-15-31-23/h2-12H,14-15H2,1H3,(H,28,29)/b19-10-. The van der Waals surface area contributed by atoms with Crippen LogP contribution < -0.4 is 19.5 Å². The number of ether oxygens (including phenoxy) is 3. The molecule has 1 heterocycles. The van der Waals surface area contributed by atoms with Gasteiger partial charge in [-0.1, -0.05) is 35.9 Å². The first-order valence-corrected chi connectivity index (χ1v) is 10.2. The van der Waals surface area contributed by atoms with E-state index >= 15 is 0 Å². The highest BCUT2D eigenvalue weighted by Crippen LogP contribution is 2.32. The zero-order valence-corrected chi connectivity index (χ0v) is 18.0. The smallest absolute Gasteiger partial charge is 0.266 e. The highest BCUT2D eigenvalue weighted by molar-refractivity contribution is 6.31. The van der Waals surface area contributed by atoms with E-state index in [9.17, 15) is 10.1 Å². The fourth-order valence-electron chi connectivity index (χ4n) is 3.04. The van der Waals surface area contributed by atoms with Crippen LogP contribution in [0, 0.1) is 18.3 Å². The van der Waals surface area contributed by atoms with Crippen molar-refractivity contribution in [3.63, 3.8) is 0 Å². The molecule has 3 aromatic rings. The van der Waals surface area contributed by atoms with Gasteiger partial charge in [0.1, 0.15) is 24.0 Å². The number of hydrogen-bond donors (Lipinski definition) is 1. The molecule has 0 fully saturated rings. The molecule has 0 radical (unpaired) electrons. The predicted octanol–water partition coefficient (Wildman–Crippen LogP) is 5.50. The fraction of sp³-hybridized carbons (Fsp3) is 0.120. The average molecular weight is 447 g/mol. The molecule has 1 N–H and O–H groups in total. The van der Waals surface area contributed by atoms with E-state index in [2.05, 4.69) is 5.32 Å². The molecular formula is C25H19ClN2O4. The second-order valence-corrected chi connectivity index (χ2v) is 7.54. The number of carbonyl (C=O) groups is 1. The van der Waals surface area contributed by atoms with Crippen LogP contribution >= 0.6 is 11.6 Å². The number of fused-ring (bicyclic) bond motifs is 1. The number of benzene rings is 3. The lowest BCUT2D eigenvalue weighted by molar-refractivity contribution is -0.112. The number of amides is 1. The highest BCUT2D eigenvalue weighted by Gasteiger charge is 2.13. The Morgan fingerprint density at radius 3 is 2.66 bits per heavy atom. The quantitative estimate of drug-likeness (QED) is 0.399. The Hall–Kier alpha value is -3.95. The van der Waals surface area contributed by atoms with Crippen molar-refractivity contribution in [1.29, 1.82) is 5.26 Å². The van der Waals surface area contributed by atoms with Crippen molar-refractivity contribution in [2.45, 2.75) is 13.5 Å². The van der Waals surface area contributed by atoms with Crippen LogP contribution in [0.15, 0.2) is 66.2 Å². The molecule has 1 aliphatic heterocycles. The van der Waals surface area contributed by atoms with Crippen LogP contribution in [0.2, 0.25) is 5.02 Å². The number of anilines is 1. The molecular weight excluding hydrogens is 428 g/mol. The molecule has 4 rings (SSSR count). The maximum Gasteiger partial charge on any atom is 0.266 e. The van der Waals surface area contributed by atoms with Crippen LogP contribution in [-0.2, 0) is 11.4 Å². The third-order valence-electron chi connectivity index (χ3n) is 4.83. The molecule has 0 spiro atoms. The Morgan fingerprint density at radius 1 is 1.12 bits per heavy atom. The molecule has 0 aliphatic carbocycles. The van der Waals surface area contributed by atoms with Crippen LogP contribution in [0.5, 0.6) is 17.2 Å². The molecule has 1 aliphatic rings. The van der Waals surface area contributed by atoms with E-state index in [0.717, 1.165) is 16.9 Å². The Kier molecular flexibility index (Phi) is 6.29. The van der Waals surface area contributed by atoms with Gasteiger partial charge < -0.3 is 19.5 Å². The molecule has 160 valence electrons. The van der Waals surface area contributed by atoms with Crippen molar-refractivity contribution in [2.24, 2.45) is 0 Å². The summed E-state index contributed by atoms with van der Waals surface area (Å²) in [5, 5.41) is 12.7. The minimum Gasteiger partial charge on any atom is -0.489 e. The van der Waals surface area contributed by atoms with E-state index in [1.807, 2.05) is 31.2 Å². The van der Waals surface area contributed by atoms with E-state index in [-0.39, 0.29) is 12.4 Å². The molecule has 0 saturated carbocycles. The first kappa shape index (κ1) is 21.3. The van der Waals surface area contributed by atoms with Gasteiger partial charge in [-0.05, 0) is 66.1 Å². The topological polar surface area (TPSA) is 80.6 Å². The molecule has 0 unspecified atom stereocenters. The largest absolute Gasteiger partial charge is 0.489 e. The average Bonchev–Trinajstić information content (AvgIpc) is 3.27. The number of carbonyl (C=O) groups excluding carboxylic acids is 1. The predicted molar refractivity (Wildman–Crippen MR) is 122 cm³/mol. The summed E-state index contributed by atoms with van der Waals surface area (Å²) >= 11 is 6.09. The Bertz CT molecular complexity index is 1230. The summed E-state index contributed by atoms with van der Waals surface area (Å²) in [6, 6.07) is 19.9. The van der Waals surface area contributed by atoms with Crippen LogP contribution in [-0.4, -0.2) is 12.7 Å². The van der Waals surface area contributed by atoms with Gasteiger partial charge in [-0.15, -0.1) is 0 Å². The van der Waals surface area contributed by atoms with E-state index in [4.69, 9.17) is 25.8 Å². The van der Waals surface area contributed by atoms with E-state index in [1.165, 1.54) is 6.08 Å². The number of rotatable bonds is 6. The third-order valence-corrected chi connectivity index (χ3v) is 5.24. The van der Waals surface area contributed by atoms with Gasteiger partial charge in [-0.25, -0.2) is 0 Å². The van der Waals surface area contributed by atoms with Gasteiger partial charge in [0.25, 0.3) is 5.91 Å². The summed E-state index contributed by atoms with van der Waals surface area (Å²) in [6.45, 7) is 2.48. The molecule has 0 bridgehead atoms. The SMILES string of the molecule is Cc1ccc(NC(=O)/C(C#N)=C\c2ccc(OCc3ccc4c(c3)OCO4)cc2)cc1Cl. The van der Waals surface area contributed by atoms with Gasteiger partial charge in [-0.3, -0.25) is 4.79 Å². The minimum atomic E-state index is -0.504. The van der Waals surface area contributed by atoms with Gasteiger partial charge in [0.05, 0.1) is 0 Å². The normalized spacial score (nSPS) is 12.2. The molecule has 1 amide bonds. The second-order valence-electron chi connectivity index (χ2n) is 7.13. The summed E-state index contributed by atoms with van der Waals surface area (Å²) in [4.78, 5) is 12.5. The lowest BCUT2D eigenvalue weighted by Crippen LogP contribution is -2.13. The second kappa shape index (κ2) is 9.46. The van der Waals surface area contributed by atoms with Crippen molar-refractivity contribution in [3.8, 4) is 23.3 Å². The van der Waals surface area contributed by atoms with Crippen molar-refractivity contribution in [1.82, 2.24) is 0 Å². The van der Waals surface area contributed by atoms with E-state index in [1.54, 1.807) is 42.5 Å². The summed E-state index contributed by atoms with van der Waals surface area (Å²) in [5.41, 5.74) is 3.07. The summed E-state index contributed by atoms with van der Waals surface area (Å²) in [6.07, 6.45) is 1.52. The number of nitrogens with one attached hydrogen (secondary N) is 1. The molecule has 6 nitrogen and oxygen atoms in total. The number of hydrogen-bond acceptors (Lipinski definition) is 5. The first-order valence-electron chi connectivity index (χ1n) is 9.82. The number of halogens is 1. The summed E-state index contributed by atoms with van der Waals surface area (Å²) < 4.78 is 16.5. The summed E-state index contributed by atoms with van der Waals surface area (Å²) in [7, 11) is 0. The monoisotopic (exact) mass is 446 g/mol. The number of aryl methyl sites for hydroxylation is 1. The van der Waals surface area contributed by atoms with Gasteiger partial charge >= 0.3 is 0 Å².